The summed E-state index contributed by atoms with van der Waals surface area (Å²) in [6, 6.07) is 13.2. The first-order valence-corrected chi connectivity index (χ1v) is 11.9. The number of hydrogen-bond donors (Lipinski definition) is 0. The number of aromatic nitrogens is 1. The Morgan fingerprint density at radius 3 is 2.23 bits per heavy atom. The maximum absolute atomic E-state index is 13.3. The smallest absolute Gasteiger partial charge is 0.254 e. The zero-order valence-electron chi connectivity index (χ0n) is 18.3. The number of carbonyl (C=O) groups excluding carboxylic acids is 1. The van der Waals surface area contributed by atoms with Gasteiger partial charge in [0.25, 0.3) is 5.91 Å². The third-order valence-electron chi connectivity index (χ3n) is 5.81. The molecular weight excluding hydrogens is 410 g/mol. The average molecular weight is 438 g/mol. The highest BCUT2D eigenvalue weighted by Gasteiger charge is 2.32. The zero-order chi connectivity index (χ0) is 22.3. The van der Waals surface area contributed by atoms with E-state index in [4.69, 9.17) is 0 Å². The summed E-state index contributed by atoms with van der Waals surface area (Å²) in [5.41, 5.74) is 4.92. The highest BCUT2D eigenvalue weighted by atomic mass is 32.2. The Balaban J connectivity index is 1.57. The molecule has 1 amide bonds. The number of carbonyl (C=O) groups is 1. The van der Waals surface area contributed by atoms with Crippen molar-refractivity contribution in [3.63, 3.8) is 0 Å². The van der Waals surface area contributed by atoms with Crippen molar-refractivity contribution in [3.05, 3.63) is 70.4 Å². The molecular formula is C24H27N3O3S. The highest BCUT2D eigenvalue weighted by molar-refractivity contribution is 7.89. The van der Waals surface area contributed by atoms with Gasteiger partial charge in [-0.05, 0) is 63.1 Å². The number of fused-ring (bicyclic) bond motifs is 1. The summed E-state index contributed by atoms with van der Waals surface area (Å²) in [4.78, 5) is 20.0. The van der Waals surface area contributed by atoms with E-state index in [9.17, 15) is 13.2 Å². The summed E-state index contributed by atoms with van der Waals surface area (Å²) >= 11 is 0. The Morgan fingerprint density at radius 1 is 0.871 bits per heavy atom. The number of sulfonamides is 1. The van der Waals surface area contributed by atoms with Gasteiger partial charge in [0.1, 0.15) is 0 Å². The van der Waals surface area contributed by atoms with Crippen molar-refractivity contribution in [2.24, 2.45) is 0 Å². The number of hydrogen-bond acceptors (Lipinski definition) is 4. The third-order valence-corrected chi connectivity index (χ3v) is 7.85. The van der Waals surface area contributed by atoms with Gasteiger partial charge in [0, 0.05) is 37.3 Å². The quantitative estimate of drug-likeness (QED) is 0.628. The van der Waals surface area contributed by atoms with E-state index in [1.165, 1.54) is 4.31 Å². The van der Waals surface area contributed by atoms with Crippen LogP contribution in [0.25, 0.3) is 10.9 Å². The van der Waals surface area contributed by atoms with Crippen LogP contribution in [0.2, 0.25) is 0 Å². The number of amides is 1. The van der Waals surface area contributed by atoms with Gasteiger partial charge in [-0.3, -0.25) is 9.78 Å². The van der Waals surface area contributed by atoms with E-state index < -0.39 is 10.0 Å². The van der Waals surface area contributed by atoms with Crippen LogP contribution in [0.1, 0.15) is 32.7 Å². The van der Waals surface area contributed by atoms with Gasteiger partial charge in [-0.1, -0.05) is 23.8 Å². The second-order valence-electron chi connectivity index (χ2n) is 8.30. The zero-order valence-corrected chi connectivity index (χ0v) is 19.2. The van der Waals surface area contributed by atoms with Gasteiger partial charge in [-0.2, -0.15) is 4.31 Å². The largest absolute Gasteiger partial charge is 0.336 e. The van der Waals surface area contributed by atoms with Gasteiger partial charge in [0.05, 0.1) is 16.0 Å². The molecule has 1 aromatic heterocycles. The predicted octanol–water partition coefficient (Wildman–Crippen LogP) is 3.62. The molecule has 7 heteroatoms. The Hall–Kier alpha value is -2.77. The second-order valence-corrected chi connectivity index (χ2v) is 10.2. The maximum Gasteiger partial charge on any atom is 0.254 e. The fourth-order valence-corrected chi connectivity index (χ4v) is 5.81. The van der Waals surface area contributed by atoms with Crippen molar-refractivity contribution in [1.82, 2.24) is 14.2 Å². The summed E-state index contributed by atoms with van der Waals surface area (Å²) in [6.45, 7) is 8.85. The number of pyridine rings is 1. The predicted molar refractivity (Wildman–Crippen MR) is 122 cm³/mol. The normalized spacial score (nSPS) is 15.4. The second kappa shape index (κ2) is 8.05. The number of piperazine rings is 1. The van der Waals surface area contributed by atoms with Gasteiger partial charge in [-0.25, -0.2) is 8.42 Å². The highest BCUT2D eigenvalue weighted by Crippen LogP contribution is 2.25. The van der Waals surface area contributed by atoms with Crippen LogP contribution in [0.15, 0.2) is 47.4 Å². The lowest BCUT2D eigenvalue weighted by Gasteiger charge is -2.34. The van der Waals surface area contributed by atoms with Crippen LogP contribution in [-0.4, -0.2) is 54.7 Å². The van der Waals surface area contributed by atoms with Crippen LogP contribution in [0.4, 0.5) is 0 Å². The van der Waals surface area contributed by atoms with E-state index >= 15 is 0 Å². The Morgan fingerprint density at radius 2 is 1.52 bits per heavy atom. The van der Waals surface area contributed by atoms with Crippen molar-refractivity contribution >= 4 is 26.8 Å². The number of rotatable bonds is 3. The van der Waals surface area contributed by atoms with Crippen molar-refractivity contribution in [1.29, 1.82) is 0 Å². The Kier molecular flexibility index (Phi) is 5.58. The fraction of sp³-hybridized carbons (Fsp3) is 0.333. The minimum atomic E-state index is -3.59. The van der Waals surface area contributed by atoms with E-state index in [1.54, 1.807) is 11.0 Å². The summed E-state index contributed by atoms with van der Waals surface area (Å²) in [5.74, 6) is -0.0788. The van der Waals surface area contributed by atoms with Gasteiger partial charge in [-0.15, -0.1) is 0 Å². The lowest BCUT2D eigenvalue weighted by atomic mass is 10.0. The van der Waals surface area contributed by atoms with E-state index in [0.29, 0.717) is 23.5 Å². The molecule has 1 aliphatic rings. The fourth-order valence-electron chi connectivity index (χ4n) is 4.08. The summed E-state index contributed by atoms with van der Waals surface area (Å²) < 4.78 is 27.8. The van der Waals surface area contributed by atoms with Crippen LogP contribution in [0.3, 0.4) is 0 Å². The summed E-state index contributed by atoms with van der Waals surface area (Å²) in [6.07, 6.45) is 0. The van der Waals surface area contributed by atoms with Crippen LogP contribution in [0.5, 0.6) is 0 Å². The molecule has 1 aliphatic heterocycles. The SMILES string of the molecule is Cc1ccc(C)c(S(=O)(=O)N2CCN(C(=O)c3cc(C)nc4ccc(C)cc34)CC2)c1. The first kappa shape index (κ1) is 21.5. The molecule has 0 atom stereocenters. The molecule has 0 N–H and O–H groups in total. The monoisotopic (exact) mass is 437 g/mol. The molecule has 3 aromatic rings. The van der Waals surface area contributed by atoms with E-state index in [-0.39, 0.29) is 19.0 Å². The van der Waals surface area contributed by atoms with Gasteiger partial charge in [0.15, 0.2) is 0 Å². The average Bonchev–Trinajstić information content (AvgIpc) is 2.74. The molecule has 1 fully saturated rings. The molecule has 6 nitrogen and oxygen atoms in total. The van der Waals surface area contributed by atoms with Crippen molar-refractivity contribution in [2.75, 3.05) is 26.2 Å². The molecule has 0 unspecified atom stereocenters. The molecule has 0 aliphatic carbocycles. The van der Waals surface area contributed by atoms with Gasteiger partial charge in [0.2, 0.25) is 10.0 Å². The lowest BCUT2D eigenvalue weighted by Crippen LogP contribution is -2.50. The third kappa shape index (κ3) is 4.07. The molecule has 0 saturated carbocycles. The lowest BCUT2D eigenvalue weighted by molar-refractivity contribution is 0.0699. The maximum atomic E-state index is 13.3. The topological polar surface area (TPSA) is 70.6 Å². The van der Waals surface area contributed by atoms with Crippen molar-refractivity contribution in [2.45, 2.75) is 32.6 Å². The van der Waals surface area contributed by atoms with Gasteiger partial charge < -0.3 is 4.90 Å². The van der Waals surface area contributed by atoms with Crippen LogP contribution in [0, 0.1) is 27.7 Å². The number of aryl methyl sites for hydroxylation is 4. The minimum Gasteiger partial charge on any atom is -0.336 e. The van der Waals surface area contributed by atoms with E-state index in [0.717, 1.165) is 33.3 Å². The molecule has 2 heterocycles. The standard InChI is InChI=1S/C24H27N3O3S/c1-16-6-8-22-20(13-16)21(15-19(4)25-22)24(28)26-9-11-27(12-10-26)31(29,30)23-14-17(2)5-7-18(23)3/h5-8,13-15H,9-12H2,1-4H3. The molecule has 2 aromatic carbocycles. The number of benzene rings is 2. The van der Waals surface area contributed by atoms with Crippen molar-refractivity contribution in [3.8, 4) is 0 Å². The van der Waals surface area contributed by atoms with Crippen LogP contribution < -0.4 is 0 Å². The minimum absolute atomic E-state index is 0.0788. The molecule has 4 rings (SSSR count). The van der Waals surface area contributed by atoms with Crippen molar-refractivity contribution < 1.29 is 13.2 Å². The molecule has 162 valence electrons. The van der Waals surface area contributed by atoms with E-state index in [2.05, 4.69) is 4.98 Å². The first-order valence-electron chi connectivity index (χ1n) is 10.4. The van der Waals surface area contributed by atoms with Crippen LogP contribution in [-0.2, 0) is 10.0 Å². The summed E-state index contributed by atoms with van der Waals surface area (Å²) in [5, 5.41) is 0.834. The number of nitrogens with zero attached hydrogens (tertiary/aromatic N) is 3. The molecule has 0 spiro atoms. The molecule has 31 heavy (non-hydrogen) atoms. The molecule has 0 bridgehead atoms. The molecule has 0 radical (unpaired) electrons. The van der Waals surface area contributed by atoms with Gasteiger partial charge >= 0.3 is 0 Å². The molecule has 1 saturated heterocycles. The first-order chi connectivity index (χ1) is 14.7. The van der Waals surface area contributed by atoms with Crippen LogP contribution >= 0.6 is 0 Å². The Labute approximate surface area is 183 Å². The summed E-state index contributed by atoms with van der Waals surface area (Å²) in [7, 11) is -3.59. The van der Waals surface area contributed by atoms with E-state index in [1.807, 2.05) is 64.1 Å². The Bertz CT molecular complexity index is 1280.